The Bertz CT molecular complexity index is 512. The van der Waals surface area contributed by atoms with E-state index in [1.165, 1.54) is 56.3 Å². The van der Waals surface area contributed by atoms with Gasteiger partial charge in [-0.2, -0.15) is 0 Å². The summed E-state index contributed by atoms with van der Waals surface area (Å²) < 4.78 is 0. The third kappa shape index (κ3) is 2.98. The number of piperidine rings is 1. The second-order valence-electron chi connectivity index (χ2n) is 7.43. The van der Waals surface area contributed by atoms with Crippen LogP contribution in [0.1, 0.15) is 81.1 Å². The molecule has 2 saturated carbocycles. The predicted octanol–water partition coefficient (Wildman–Crippen LogP) is 3.33. The van der Waals surface area contributed by atoms with Crippen molar-refractivity contribution in [3.05, 3.63) is 17.7 Å². The highest BCUT2D eigenvalue weighted by atomic mass is 15.2. The molecule has 0 bridgehead atoms. The predicted molar refractivity (Wildman–Crippen MR) is 89.3 cm³/mol. The van der Waals surface area contributed by atoms with Gasteiger partial charge in [-0.3, -0.25) is 0 Å². The second kappa shape index (κ2) is 6.15. The van der Waals surface area contributed by atoms with E-state index in [1.807, 2.05) is 0 Å². The van der Waals surface area contributed by atoms with Crippen molar-refractivity contribution in [2.24, 2.45) is 5.73 Å². The van der Waals surface area contributed by atoms with Crippen molar-refractivity contribution in [1.82, 2.24) is 9.97 Å². The van der Waals surface area contributed by atoms with Crippen LogP contribution in [0.15, 0.2) is 6.20 Å². The van der Waals surface area contributed by atoms with Crippen LogP contribution >= 0.6 is 0 Å². The Labute approximate surface area is 133 Å². The van der Waals surface area contributed by atoms with E-state index < -0.39 is 0 Å². The van der Waals surface area contributed by atoms with E-state index in [0.29, 0.717) is 17.9 Å². The van der Waals surface area contributed by atoms with Crippen molar-refractivity contribution in [3.63, 3.8) is 0 Å². The van der Waals surface area contributed by atoms with E-state index in [2.05, 4.69) is 11.1 Å². The van der Waals surface area contributed by atoms with Crippen LogP contribution in [0.5, 0.6) is 0 Å². The standard InChI is InChI=1S/C18H28N4/c19-15-8-10-22(11-9-15)16-12-20-18(14-6-7-14)21-17(16)13-4-2-1-3-5-13/h12-15H,1-11,19H2. The monoisotopic (exact) mass is 300 g/mol. The van der Waals surface area contributed by atoms with Crippen LogP contribution in [-0.2, 0) is 0 Å². The molecule has 22 heavy (non-hydrogen) atoms. The Hall–Kier alpha value is -1.16. The summed E-state index contributed by atoms with van der Waals surface area (Å²) in [5, 5.41) is 0. The molecule has 2 aliphatic carbocycles. The summed E-state index contributed by atoms with van der Waals surface area (Å²) in [4.78, 5) is 12.3. The molecule has 0 radical (unpaired) electrons. The quantitative estimate of drug-likeness (QED) is 0.930. The zero-order valence-electron chi connectivity index (χ0n) is 13.5. The number of hydrogen-bond acceptors (Lipinski definition) is 4. The Morgan fingerprint density at radius 2 is 1.64 bits per heavy atom. The van der Waals surface area contributed by atoms with Gasteiger partial charge in [0, 0.05) is 31.0 Å². The summed E-state index contributed by atoms with van der Waals surface area (Å²) in [5.41, 5.74) is 8.73. The van der Waals surface area contributed by atoms with Crippen molar-refractivity contribution in [3.8, 4) is 0 Å². The van der Waals surface area contributed by atoms with Crippen molar-refractivity contribution < 1.29 is 0 Å². The maximum atomic E-state index is 6.07. The maximum Gasteiger partial charge on any atom is 0.131 e. The molecule has 3 fully saturated rings. The van der Waals surface area contributed by atoms with Crippen molar-refractivity contribution >= 4 is 5.69 Å². The van der Waals surface area contributed by atoms with Gasteiger partial charge in [0.2, 0.25) is 0 Å². The number of aromatic nitrogens is 2. The van der Waals surface area contributed by atoms with Gasteiger partial charge in [0.25, 0.3) is 0 Å². The number of hydrogen-bond donors (Lipinski definition) is 1. The zero-order valence-corrected chi connectivity index (χ0v) is 13.5. The highest BCUT2D eigenvalue weighted by molar-refractivity contribution is 5.51. The molecule has 1 saturated heterocycles. The Morgan fingerprint density at radius 1 is 0.909 bits per heavy atom. The minimum atomic E-state index is 0.376. The van der Waals surface area contributed by atoms with E-state index >= 15 is 0 Å². The lowest BCUT2D eigenvalue weighted by atomic mass is 9.86. The molecule has 2 N–H and O–H groups in total. The molecule has 120 valence electrons. The average Bonchev–Trinajstić information content (AvgIpc) is 3.41. The molecule has 1 aliphatic heterocycles. The molecule has 4 rings (SSSR count). The molecule has 4 nitrogen and oxygen atoms in total. The summed E-state index contributed by atoms with van der Waals surface area (Å²) in [7, 11) is 0. The molecule has 4 heteroatoms. The van der Waals surface area contributed by atoms with Gasteiger partial charge >= 0.3 is 0 Å². The highest BCUT2D eigenvalue weighted by Gasteiger charge is 2.30. The summed E-state index contributed by atoms with van der Waals surface area (Å²) in [6.07, 6.45) is 13.6. The van der Waals surface area contributed by atoms with Gasteiger partial charge in [-0.25, -0.2) is 9.97 Å². The van der Waals surface area contributed by atoms with Crippen molar-refractivity contribution in [2.45, 2.75) is 75.7 Å². The number of rotatable bonds is 3. The van der Waals surface area contributed by atoms with Gasteiger partial charge in [0.1, 0.15) is 5.82 Å². The molecule has 0 atom stereocenters. The van der Waals surface area contributed by atoms with Crippen LogP contribution in [0.4, 0.5) is 5.69 Å². The van der Waals surface area contributed by atoms with Crippen LogP contribution in [0.3, 0.4) is 0 Å². The van der Waals surface area contributed by atoms with Crippen LogP contribution in [0.25, 0.3) is 0 Å². The largest absolute Gasteiger partial charge is 0.369 e. The molecule has 0 spiro atoms. The Morgan fingerprint density at radius 3 is 2.32 bits per heavy atom. The summed E-state index contributed by atoms with van der Waals surface area (Å²) >= 11 is 0. The molecule has 0 amide bonds. The first-order valence-electron chi connectivity index (χ1n) is 9.18. The molecule has 0 unspecified atom stereocenters. The number of nitrogens with zero attached hydrogens (tertiary/aromatic N) is 3. The normalized spacial score (nSPS) is 24.7. The Kier molecular flexibility index (Phi) is 4.03. The first kappa shape index (κ1) is 14.4. The summed E-state index contributed by atoms with van der Waals surface area (Å²) in [6.45, 7) is 2.13. The van der Waals surface area contributed by atoms with Gasteiger partial charge in [-0.15, -0.1) is 0 Å². The lowest BCUT2D eigenvalue weighted by Crippen LogP contribution is -2.40. The second-order valence-corrected chi connectivity index (χ2v) is 7.43. The minimum Gasteiger partial charge on any atom is -0.369 e. The first-order chi connectivity index (χ1) is 10.8. The van der Waals surface area contributed by atoms with Crippen LogP contribution in [0, 0.1) is 0 Å². The molecule has 1 aromatic heterocycles. The van der Waals surface area contributed by atoms with E-state index in [0.717, 1.165) is 31.8 Å². The fraction of sp³-hybridized carbons (Fsp3) is 0.778. The fourth-order valence-corrected chi connectivity index (χ4v) is 4.00. The minimum absolute atomic E-state index is 0.376. The van der Waals surface area contributed by atoms with E-state index in [-0.39, 0.29) is 0 Å². The SMILES string of the molecule is NC1CCN(c2cnc(C3CC3)nc2C2CCCCC2)CC1. The van der Waals surface area contributed by atoms with Gasteiger partial charge in [0.05, 0.1) is 17.6 Å². The van der Waals surface area contributed by atoms with Gasteiger partial charge in [-0.05, 0) is 38.5 Å². The molecule has 2 heterocycles. The average molecular weight is 300 g/mol. The molecular weight excluding hydrogens is 272 g/mol. The maximum absolute atomic E-state index is 6.07. The molecule has 0 aromatic carbocycles. The zero-order chi connectivity index (χ0) is 14.9. The van der Waals surface area contributed by atoms with Crippen LogP contribution < -0.4 is 10.6 Å². The molecular formula is C18H28N4. The highest BCUT2D eigenvalue weighted by Crippen LogP contribution is 2.41. The van der Waals surface area contributed by atoms with E-state index in [4.69, 9.17) is 15.7 Å². The molecule has 3 aliphatic rings. The lowest BCUT2D eigenvalue weighted by Gasteiger charge is -2.34. The molecule has 1 aromatic rings. The number of nitrogens with two attached hydrogens (primary N) is 1. The van der Waals surface area contributed by atoms with Crippen molar-refractivity contribution in [1.29, 1.82) is 0 Å². The van der Waals surface area contributed by atoms with Gasteiger partial charge < -0.3 is 10.6 Å². The third-order valence-corrected chi connectivity index (χ3v) is 5.63. The van der Waals surface area contributed by atoms with Crippen LogP contribution in [0.2, 0.25) is 0 Å². The van der Waals surface area contributed by atoms with E-state index in [9.17, 15) is 0 Å². The number of anilines is 1. The smallest absolute Gasteiger partial charge is 0.131 e. The summed E-state index contributed by atoms with van der Waals surface area (Å²) in [5.74, 6) is 2.41. The van der Waals surface area contributed by atoms with Crippen LogP contribution in [-0.4, -0.2) is 29.1 Å². The lowest BCUT2D eigenvalue weighted by molar-refractivity contribution is 0.432. The third-order valence-electron chi connectivity index (χ3n) is 5.63. The van der Waals surface area contributed by atoms with Gasteiger partial charge in [0.15, 0.2) is 0 Å². The topological polar surface area (TPSA) is 55.0 Å². The first-order valence-corrected chi connectivity index (χ1v) is 9.18. The van der Waals surface area contributed by atoms with Gasteiger partial charge in [-0.1, -0.05) is 19.3 Å². The fourth-order valence-electron chi connectivity index (χ4n) is 4.00. The summed E-state index contributed by atoms with van der Waals surface area (Å²) in [6, 6.07) is 0.376. The van der Waals surface area contributed by atoms with E-state index in [1.54, 1.807) is 0 Å². The van der Waals surface area contributed by atoms with Crippen molar-refractivity contribution in [2.75, 3.05) is 18.0 Å². The Balaban J connectivity index is 1.63.